The molecule has 2 aromatic carbocycles. The summed E-state index contributed by atoms with van der Waals surface area (Å²) in [5, 5.41) is 2.32. The SMILES string of the molecule is O=C(Nc1ccccc1F)c1cc(Br)ccc1F. The second-order valence-corrected chi connectivity index (χ2v) is 4.47. The zero-order chi connectivity index (χ0) is 13.1. The molecule has 0 aliphatic carbocycles. The molecule has 5 heteroatoms. The van der Waals surface area contributed by atoms with Crippen LogP contribution in [0.4, 0.5) is 14.5 Å². The van der Waals surface area contributed by atoms with E-state index >= 15 is 0 Å². The van der Waals surface area contributed by atoms with Crippen molar-refractivity contribution >= 4 is 27.5 Å². The summed E-state index contributed by atoms with van der Waals surface area (Å²) in [5.74, 6) is -1.92. The fourth-order valence-corrected chi connectivity index (χ4v) is 1.78. The van der Waals surface area contributed by atoms with Crippen molar-refractivity contribution < 1.29 is 13.6 Å². The fraction of sp³-hybridized carbons (Fsp3) is 0. The van der Waals surface area contributed by atoms with Crippen molar-refractivity contribution in [1.29, 1.82) is 0 Å². The van der Waals surface area contributed by atoms with E-state index in [2.05, 4.69) is 21.2 Å². The summed E-state index contributed by atoms with van der Waals surface area (Å²) >= 11 is 3.14. The Morgan fingerprint density at radius 2 is 1.78 bits per heavy atom. The molecule has 92 valence electrons. The predicted octanol–water partition coefficient (Wildman–Crippen LogP) is 3.98. The van der Waals surface area contributed by atoms with Gasteiger partial charge in [-0.05, 0) is 30.3 Å². The first kappa shape index (κ1) is 12.7. The number of hydrogen-bond acceptors (Lipinski definition) is 1. The average Bonchev–Trinajstić information content (AvgIpc) is 2.35. The molecule has 0 fully saturated rings. The van der Waals surface area contributed by atoms with Gasteiger partial charge in [-0.2, -0.15) is 0 Å². The normalized spacial score (nSPS) is 10.2. The second-order valence-electron chi connectivity index (χ2n) is 3.56. The minimum Gasteiger partial charge on any atom is -0.319 e. The first-order valence-electron chi connectivity index (χ1n) is 5.09. The summed E-state index contributed by atoms with van der Waals surface area (Å²) in [6.45, 7) is 0. The number of amides is 1. The van der Waals surface area contributed by atoms with Crippen LogP contribution in [0.25, 0.3) is 0 Å². The third-order valence-electron chi connectivity index (χ3n) is 2.30. The van der Waals surface area contributed by atoms with Gasteiger partial charge in [0.25, 0.3) is 5.91 Å². The van der Waals surface area contributed by atoms with E-state index in [1.165, 1.54) is 36.4 Å². The second kappa shape index (κ2) is 5.27. The molecule has 0 spiro atoms. The van der Waals surface area contributed by atoms with E-state index in [9.17, 15) is 13.6 Å². The van der Waals surface area contributed by atoms with E-state index in [0.29, 0.717) is 4.47 Å². The van der Waals surface area contributed by atoms with Crippen molar-refractivity contribution in [1.82, 2.24) is 0 Å². The highest BCUT2D eigenvalue weighted by Crippen LogP contribution is 2.18. The summed E-state index contributed by atoms with van der Waals surface area (Å²) in [5.41, 5.74) is -0.130. The van der Waals surface area contributed by atoms with Gasteiger partial charge in [-0.15, -0.1) is 0 Å². The number of rotatable bonds is 2. The summed E-state index contributed by atoms with van der Waals surface area (Å²) in [7, 11) is 0. The van der Waals surface area contributed by atoms with Crippen LogP contribution in [0.5, 0.6) is 0 Å². The van der Waals surface area contributed by atoms with Crippen LogP contribution in [0.1, 0.15) is 10.4 Å². The van der Waals surface area contributed by atoms with Crippen LogP contribution in [-0.2, 0) is 0 Å². The van der Waals surface area contributed by atoms with Gasteiger partial charge >= 0.3 is 0 Å². The van der Waals surface area contributed by atoms with Crippen molar-refractivity contribution in [2.75, 3.05) is 5.32 Å². The van der Waals surface area contributed by atoms with E-state index in [0.717, 1.165) is 0 Å². The van der Waals surface area contributed by atoms with Crippen LogP contribution in [0.3, 0.4) is 0 Å². The van der Waals surface area contributed by atoms with Crippen molar-refractivity contribution in [3.8, 4) is 0 Å². The summed E-state index contributed by atoms with van der Waals surface area (Å²) in [6, 6.07) is 9.69. The Morgan fingerprint density at radius 1 is 1.06 bits per heavy atom. The quantitative estimate of drug-likeness (QED) is 0.893. The molecular formula is C13H8BrF2NO. The zero-order valence-corrected chi connectivity index (χ0v) is 10.7. The Kier molecular flexibility index (Phi) is 3.72. The maximum atomic E-state index is 13.4. The monoisotopic (exact) mass is 311 g/mol. The van der Waals surface area contributed by atoms with Crippen LogP contribution in [0.15, 0.2) is 46.9 Å². The van der Waals surface area contributed by atoms with Gasteiger partial charge < -0.3 is 5.32 Å². The molecule has 1 N–H and O–H groups in total. The Hall–Kier alpha value is -1.75. The Balaban J connectivity index is 2.28. The fourth-order valence-electron chi connectivity index (χ4n) is 1.42. The Labute approximate surface area is 111 Å². The van der Waals surface area contributed by atoms with Gasteiger partial charge in [0, 0.05) is 4.47 Å². The highest BCUT2D eigenvalue weighted by molar-refractivity contribution is 9.10. The number of nitrogens with one attached hydrogen (secondary N) is 1. The molecule has 18 heavy (non-hydrogen) atoms. The molecule has 0 bridgehead atoms. The van der Waals surface area contributed by atoms with Gasteiger partial charge in [0.05, 0.1) is 11.3 Å². The van der Waals surface area contributed by atoms with Gasteiger partial charge in [0.2, 0.25) is 0 Å². The minimum absolute atomic E-state index is 0.0156. The van der Waals surface area contributed by atoms with Gasteiger partial charge in [-0.1, -0.05) is 28.1 Å². The maximum Gasteiger partial charge on any atom is 0.258 e. The zero-order valence-electron chi connectivity index (χ0n) is 9.08. The van der Waals surface area contributed by atoms with Crippen molar-refractivity contribution in [2.45, 2.75) is 0 Å². The lowest BCUT2D eigenvalue weighted by atomic mass is 10.2. The summed E-state index contributed by atoms with van der Waals surface area (Å²) in [6.07, 6.45) is 0. The van der Waals surface area contributed by atoms with Gasteiger partial charge in [0.15, 0.2) is 0 Å². The van der Waals surface area contributed by atoms with Crippen LogP contribution in [-0.4, -0.2) is 5.91 Å². The Bertz CT molecular complexity index is 601. The van der Waals surface area contributed by atoms with E-state index in [4.69, 9.17) is 0 Å². The van der Waals surface area contributed by atoms with Crippen molar-refractivity contribution in [3.63, 3.8) is 0 Å². The van der Waals surface area contributed by atoms with Crippen LogP contribution in [0.2, 0.25) is 0 Å². The highest BCUT2D eigenvalue weighted by atomic mass is 79.9. The van der Waals surface area contributed by atoms with Crippen molar-refractivity contribution in [2.24, 2.45) is 0 Å². The van der Waals surface area contributed by atoms with Gasteiger partial charge in [-0.3, -0.25) is 4.79 Å². The lowest BCUT2D eigenvalue weighted by Gasteiger charge is -2.07. The first-order chi connectivity index (χ1) is 8.58. The number of carbonyl (C=O) groups excluding carboxylic acids is 1. The third kappa shape index (κ3) is 2.73. The van der Waals surface area contributed by atoms with E-state index in [1.54, 1.807) is 6.07 Å². The predicted molar refractivity (Wildman–Crippen MR) is 68.5 cm³/mol. The number of halogens is 3. The van der Waals surface area contributed by atoms with E-state index in [1.807, 2.05) is 0 Å². The Morgan fingerprint density at radius 3 is 2.50 bits per heavy atom. The van der Waals surface area contributed by atoms with E-state index in [-0.39, 0.29) is 11.3 Å². The van der Waals surface area contributed by atoms with Crippen LogP contribution >= 0.6 is 15.9 Å². The number of para-hydroxylation sites is 1. The van der Waals surface area contributed by atoms with Gasteiger partial charge in [-0.25, -0.2) is 8.78 Å². The molecule has 0 unspecified atom stereocenters. The minimum atomic E-state index is -0.695. The average molecular weight is 312 g/mol. The smallest absolute Gasteiger partial charge is 0.258 e. The third-order valence-corrected chi connectivity index (χ3v) is 2.79. The van der Waals surface area contributed by atoms with Gasteiger partial charge in [0.1, 0.15) is 11.6 Å². The maximum absolute atomic E-state index is 13.4. The molecular weight excluding hydrogens is 304 g/mol. The highest BCUT2D eigenvalue weighted by Gasteiger charge is 2.13. The molecule has 0 aliphatic rings. The molecule has 0 aliphatic heterocycles. The molecule has 0 saturated heterocycles. The number of carbonyl (C=O) groups is 1. The summed E-state index contributed by atoms with van der Waals surface area (Å²) < 4.78 is 27.3. The molecule has 2 aromatic rings. The topological polar surface area (TPSA) is 29.1 Å². The number of hydrogen-bond donors (Lipinski definition) is 1. The number of benzene rings is 2. The lowest BCUT2D eigenvalue weighted by molar-refractivity contribution is 0.102. The molecule has 0 aromatic heterocycles. The number of anilines is 1. The van der Waals surface area contributed by atoms with Crippen LogP contribution < -0.4 is 5.32 Å². The van der Waals surface area contributed by atoms with Crippen molar-refractivity contribution in [3.05, 3.63) is 64.1 Å². The van der Waals surface area contributed by atoms with E-state index < -0.39 is 17.5 Å². The standard InChI is InChI=1S/C13H8BrF2NO/c14-8-5-6-10(15)9(7-8)13(18)17-12-4-2-1-3-11(12)16/h1-7H,(H,17,18). The molecule has 0 saturated carbocycles. The summed E-state index contributed by atoms with van der Waals surface area (Å²) in [4.78, 5) is 11.8. The largest absolute Gasteiger partial charge is 0.319 e. The van der Waals surface area contributed by atoms with Crippen LogP contribution in [0, 0.1) is 11.6 Å². The molecule has 0 heterocycles. The molecule has 2 rings (SSSR count). The molecule has 0 atom stereocenters. The molecule has 0 radical (unpaired) electrons. The lowest BCUT2D eigenvalue weighted by Crippen LogP contribution is -2.14. The first-order valence-corrected chi connectivity index (χ1v) is 5.88. The molecule has 2 nitrogen and oxygen atoms in total. The molecule has 1 amide bonds.